The first kappa shape index (κ1) is 20.7. The summed E-state index contributed by atoms with van der Waals surface area (Å²) in [5, 5.41) is -2.17. The molecule has 0 fully saturated rings. The molecule has 0 saturated heterocycles. The highest BCUT2D eigenvalue weighted by Gasteiger charge is 2.50. The summed E-state index contributed by atoms with van der Waals surface area (Å²) in [6.45, 7) is 1.46. The summed E-state index contributed by atoms with van der Waals surface area (Å²) in [7, 11) is 0. The summed E-state index contributed by atoms with van der Waals surface area (Å²) in [6.07, 6.45) is -3.59. The predicted octanol–water partition coefficient (Wildman–Crippen LogP) is 5.98. The summed E-state index contributed by atoms with van der Waals surface area (Å²) in [5.74, 6) is -2.10. The zero-order valence-corrected chi connectivity index (χ0v) is 15.9. The molecule has 2 aromatic rings. The molecule has 2 aromatic carbocycles. The first-order valence-corrected chi connectivity index (χ1v) is 9.65. The molecule has 28 heavy (non-hydrogen) atoms. The molecule has 0 aromatic heterocycles. The summed E-state index contributed by atoms with van der Waals surface area (Å²) < 4.78 is 72.2. The van der Waals surface area contributed by atoms with Gasteiger partial charge in [0.15, 0.2) is 4.93 Å². The molecule has 2 nitrogen and oxygen atoms in total. The van der Waals surface area contributed by atoms with Gasteiger partial charge in [-0.1, -0.05) is 11.8 Å². The Morgan fingerprint density at radius 3 is 1.93 bits per heavy atom. The van der Waals surface area contributed by atoms with Crippen molar-refractivity contribution in [1.82, 2.24) is 0 Å². The molecular weight excluding hydrogens is 419 g/mol. The smallest absolute Gasteiger partial charge is 0.405 e. The van der Waals surface area contributed by atoms with E-state index >= 15 is 0 Å². The van der Waals surface area contributed by atoms with Crippen LogP contribution in [0.15, 0.2) is 70.0 Å². The lowest BCUT2D eigenvalue weighted by atomic mass is 10.1. The van der Waals surface area contributed by atoms with Crippen molar-refractivity contribution in [1.29, 1.82) is 0 Å². The average molecular weight is 432 g/mol. The van der Waals surface area contributed by atoms with Gasteiger partial charge in [0.25, 0.3) is 0 Å². The minimum Gasteiger partial charge on any atom is -0.440 e. The third-order valence-corrected chi connectivity index (χ3v) is 6.15. The Kier molecular flexibility index (Phi) is 5.77. The highest BCUT2D eigenvalue weighted by molar-refractivity contribution is 8.01. The Bertz CT molecular complexity index is 894. The first-order valence-electron chi connectivity index (χ1n) is 7.95. The van der Waals surface area contributed by atoms with E-state index in [0.717, 1.165) is 30.0 Å². The maximum Gasteiger partial charge on any atom is 0.405 e. The molecule has 148 valence electrons. The van der Waals surface area contributed by atoms with Crippen LogP contribution in [0.2, 0.25) is 0 Å². The lowest BCUT2D eigenvalue weighted by Gasteiger charge is -2.20. The molecule has 0 N–H and O–H groups in total. The molecule has 0 radical (unpaired) electrons. The van der Waals surface area contributed by atoms with Crippen molar-refractivity contribution < 1.29 is 31.5 Å². The third kappa shape index (κ3) is 4.88. The van der Waals surface area contributed by atoms with Gasteiger partial charge in [-0.15, -0.1) is 11.8 Å². The molecule has 2 atom stereocenters. The molecule has 0 amide bonds. The summed E-state index contributed by atoms with van der Waals surface area (Å²) in [5.41, 5.74) is -0.529. The number of halogens is 5. The molecule has 0 aliphatic carbocycles. The van der Waals surface area contributed by atoms with E-state index in [-0.39, 0.29) is 4.90 Å². The van der Waals surface area contributed by atoms with Crippen LogP contribution in [-0.2, 0) is 9.53 Å². The lowest BCUT2D eigenvalue weighted by molar-refractivity contribution is -0.145. The van der Waals surface area contributed by atoms with Crippen molar-refractivity contribution in [3.8, 4) is 0 Å². The minimum atomic E-state index is -4.73. The van der Waals surface area contributed by atoms with E-state index in [4.69, 9.17) is 4.74 Å². The molecule has 0 bridgehead atoms. The van der Waals surface area contributed by atoms with Gasteiger partial charge in [-0.25, -0.2) is 13.6 Å². The fourth-order valence-corrected chi connectivity index (χ4v) is 4.57. The van der Waals surface area contributed by atoms with E-state index in [2.05, 4.69) is 0 Å². The van der Waals surface area contributed by atoms with Crippen molar-refractivity contribution in [2.75, 3.05) is 0 Å². The van der Waals surface area contributed by atoms with Crippen LogP contribution < -0.4 is 0 Å². The maximum absolute atomic E-state index is 13.6. The number of hydrogen-bond donors (Lipinski definition) is 0. The van der Waals surface area contributed by atoms with Gasteiger partial charge in [-0.2, -0.15) is 13.2 Å². The van der Waals surface area contributed by atoms with Gasteiger partial charge >= 0.3 is 12.1 Å². The van der Waals surface area contributed by atoms with Crippen molar-refractivity contribution in [3.63, 3.8) is 0 Å². The van der Waals surface area contributed by atoms with E-state index < -0.39 is 39.5 Å². The van der Waals surface area contributed by atoms with E-state index in [1.807, 2.05) is 0 Å². The van der Waals surface area contributed by atoms with Gasteiger partial charge in [-0.05, 0) is 61.5 Å². The Hall–Kier alpha value is -2.00. The third-order valence-electron chi connectivity index (χ3n) is 3.73. The number of ether oxygens (including phenoxy) is 1. The van der Waals surface area contributed by atoms with E-state index in [1.54, 1.807) is 0 Å². The van der Waals surface area contributed by atoms with Crippen molar-refractivity contribution >= 4 is 29.5 Å². The van der Waals surface area contributed by atoms with Crippen LogP contribution in [-0.4, -0.2) is 22.3 Å². The number of carbonyl (C=O) groups is 1. The monoisotopic (exact) mass is 432 g/mol. The van der Waals surface area contributed by atoms with Crippen LogP contribution in [0.25, 0.3) is 0 Å². The number of carbonyl (C=O) groups excluding carboxylic acids is 1. The van der Waals surface area contributed by atoms with Gasteiger partial charge in [-0.3, -0.25) is 0 Å². The van der Waals surface area contributed by atoms with Crippen LogP contribution >= 0.6 is 23.5 Å². The molecule has 9 heteroatoms. The molecule has 0 spiro atoms. The maximum atomic E-state index is 13.6. The number of alkyl halides is 3. The van der Waals surface area contributed by atoms with Crippen LogP contribution in [0.4, 0.5) is 22.0 Å². The van der Waals surface area contributed by atoms with Crippen molar-refractivity contribution in [3.05, 3.63) is 71.8 Å². The van der Waals surface area contributed by atoms with Gasteiger partial charge in [0.2, 0.25) is 0 Å². The molecule has 0 saturated carbocycles. The Balaban J connectivity index is 1.88. The quantitative estimate of drug-likeness (QED) is 0.330. The van der Waals surface area contributed by atoms with Gasteiger partial charge in [0, 0.05) is 9.79 Å². The highest BCUT2D eigenvalue weighted by Crippen LogP contribution is 2.46. The fraction of sp³-hybridized carbons (Fsp3) is 0.211. The topological polar surface area (TPSA) is 26.3 Å². The van der Waals surface area contributed by atoms with Crippen molar-refractivity contribution in [2.45, 2.75) is 33.1 Å². The van der Waals surface area contributed by atoms with Gasteiger partial charge < -0.3 is 4.74 Å². The number of cyclic esters (lactones) is 1. The lowest BCUT2D eigenvalue weighted by Crippen LogP contribution is -2.30. The van der Waals surface area contributed by atoms with E-state index in [9.17, 15) is 26.7 Å². The summed E-state index contributed by atoms with van der Waals surface area (Å²) in [6, 6.07) is 9.82. The average Bonchev–Trinajstić information content (AvgIpc) is 2.89. The second-order valence-electron chi connectivity index (χ2n) is 6.05. The molecule has 1 aliphatic heterocycles. The number of hydrogen-bond acceptors (Lipinski definition) is 4. The molecule has 3 rings (SSSR count). The fourth-order valence-electron chi connectivity index (χ4n) is 2.54. The van der Waals surface area contributed by atoms with E-state index in [0.29, 0.717) is 16.7 Å². The van der Waals surface area contributed by atoms with E-state index in [1.165, 1.54) is 43.3 Å². The first-order chi connectivity index (χ1) is 13.1. The minimum absolute atomic E-state index is 0.164. The zero-order chi connectivity index (χ0) is 20.5. The molecule has 2 unspecified atom stereocenters. The van der Waals surface area contributed by atoms with Crippen molar-refractivity contribution in [2.24, 2.45) is 0 Å². The molecule has 1 heterocycles. The van der Waals surface area contributed by atoms with Crippen LogP contribution in [0.3, 0.4) is 0 Å². The van der Waals surface area contributed by atoms with Crippen LogP contribution in [0.1, 0.15) is 6.92 Å². The Morgan fingerprint density at radius 1 is 0.929 bits per heavy atom. The highest BCUT2D eigenvalue weighted by atomic mass is 32.2. The Labute approximate surface area is 166 Å². The second-order valence-corrected chi connectivity index (χ2v) is 8.72. The molecule has 1 aliphatic rings. The van der Waals surface area contributed by atoms with Crippen LogP contribution in [0.5, 0.6) is 0 Å². The summed E-state index contributed by atoms with van der Waals surface area (Å²) >= 11 is 1.39. The number of esters is 1. The normalized spacial score (nSPS) is 20.6. The zero-order valence-electron chi connectivity index (χ0n) is 14.3. The number of thioether (sulfide) groups is 2. The van der Waals surface area contributed by atoms with Gasteiger partial charge in [0.05, 0.1) is 5.57 Å². The van der Waals surface area contributed by atoms with Crippen LogP contribution in [0, 0.1) is 11.6 Å². The summed E-state index contributed by atoms with van der Waals surface area (Å²) in [4.78, 5) is 11.6. The predicted molar refractivity (Wildman–Crippen MR) is 96.9 cm³/mol. The largest absolute Gasteiger partial charge is 0.440 e. The Morgan fingerprint density at radius 2 is 1.43 bits per heavy atom. The van der Waals surface area contributed by atoms with Gasteiger partial charge in [0.1, 0.15) is 16.9 Å². The number of benzene rings is 2. The molecular formula is C19H13F5O2S2. The second kappa shape index (κ2) is 7.79. The number of rotatable bonds is 5. The SMILES string of the molecule is CC1(Sc2ccc(F)cc2)C=C(C(Sc2ccc(F)cc2)C(F)(F)F)C(=O)O1. The standard InChI is InChI=1S/C19H13F5O2S2/c1-18(28-14-8-4-12(21)5-9-14)10-15(17(25)26-18)16(19(22,23)24)27-13-6-2-11(20)3-7-13/h2-10,16H,1H3.